The van der Waals surface area contributed by atoms with Crippen LogP contribution in [0, 0.1) is 13.8 Å². The Morgan fingerprint density at radius 2 is 1.71 bits per heavy atom. The van der Waals surface area contributed by atoms with Gasteiger partial charge in [0.25, 0.3) is 5.91 Å². The zero-order valence-electron chi connectivity index (χ0n) is 18.1. The molecule has 2 aromatic rings. The van der Waals surface area contributed by atoms with E-state index in [1.165, 1.54) is 5.56 Å². The summed E-state index contributed by atoms with van der Waals surface area (Å²) < 4.78 is 7.17. The molecule has 0 radical (unpaired) electrons. The highest BCUT2D eigenvalue weighted by atomic mass is 16.5. The Bertz CT molecular complexity index is 881. The number of nitrogens with one attached hydrogen (secondary N) is 1. The Balaban J connectivity index is 2.16. The third-order valence-corrected chi connectivity index (χ3v) is 4.99. The summed E-state index contributed by atoms with van der Waals surface area (Å²) >= 11 is 0. The molecule has 0 unspecified atom stereocenters. The van der Waals surface area contributed by atoms with E-state index in [0.717, 1.165) is 17.0 Å². The number of ether oxygens (including phenoxy) is 1. The van der Waals surface area contributed by atoms with E-state index in [4.69, 9.17) is 4.74 Å². The molecule has 6 heteroatoms. The Hall–Kier alpha value is -2.63. The van der Waals surface area contributed by atoms with Crippen molar-refractivity contribution in [2.24, 2.45) is 7.05 Å². The van der Waals surface area contributed by atoms with Crippen molar-refractivity contribution in [1.82, 2.24) is 9.78 Å². The maximum Gasteiger partial charge on any atom is 0.339 e. The minimum absolute atomic E-state index is 0.172. The number of hydrogen-bond acceptors (Lipinski definition) is 4. The Labute approximate surface area is 167 Å². The van der Waals surface area contributed by atoms with Crippen molar-refractivity contribution in [1.29, 1.82) is 0 Å². The molecule has 1 heterocycles. The van der Waals surface area contributed by atoms with Crippen LogP contribution >= 0.6 is 0 Å². The Morgan fingerprint density at radius 1 is 1.07 bits per heavy atom. The molecule has 2 rings (SSSR count). The summed E-state index contributed by atoms with van der Waals surface area (Å²) in [4.78, 5) is 25.3. The average molecular weight is 386 g/mol. The van der Waals surface area contributed by atoms with Crippen LogP contribution in [0.5, 0.6) is 0 Å². The number of aromatic nitrogens is 2. The van der Waals surface area contributed by atoms with Crippen LogP contribution in [0.3, 0.4) is 0 Å². The SMILES string of the molecule is Cc1nn(C)c(C)c1NC(=O)[C@H](C)OC(=O)c1ccc(C(C)C)cc1C(C)C. The molecule has 0 saturated heterocycles. The summed E-state index contributed by atoms with van der Waals surface area (Å²) in [6.07, 6.45) is -0.920. The van der Waals surface area contributed by atoms with Gasteiger partial charge in [0, 0.05) is 7.05 Å². The molecule has 0 fully saturated rings. The van der Waals surface area contributed by atoms with Crippen molar-refractivity contribution in [3.63, 3.8) is 0 Å². The molecule has 1 amide bonds. The lowest BCUT2D eigenvalue weighted by Crippen LogP contribution is -2.30. The monoisotopic (exact) mass is 385 g/mol. The number of esters is 1. The van der Waals surface area contributed by atoms with Gasteiger partial charge in [0.1, 0.15) is 0 Å². The first-order chi connectivity index (χ1) is 13.0. The predicted octanol–water partition coefficient (Wildman–Crippen LogP) is 4.47. The summed E-state index contributed by atoms with van der Waals surface area (Å²) in [6.45, 7) is 13.6. The maximum atomic E-state index is 12.7. The highest BCUT2D eigenvalue weighted by molar-refractivity contribution is 5.98. The topological polar surface area (TPSA) is 73.2 Å². The van der Waals surface area contributed by atoms with E-state index in [1.807, 2.05) is 40.8 Å². The first-order valence-corrected chi connectivity index (χ1v) is 9.68. The molecule has 1 N–H and O–H groups in total. The maximum absolute atomic E-state index is 12.7. The van der Waals surface area contributed by atoms with E-state index in [2.05, 4.69) is 30.3 Å². The second kappa shape index (κ2) is 8.59. The van der Waals surface area contributed by atoms with Gasteiger partial charge in [-0.3, -0.25) is 9.48 Å². The minimum atomic E-state index is -0.920. The van der Waals surface area contributed by atoms with Crippen LogP contribution in [0.25, 0.3) is 0 Å². The van der Waals surface area contributed by atoms with Gasteiger partial charge in [0.2, 0.25) is 0 Å². The second-order valence-corrected chi connectivity index (χ2v) is 7.86. The van der Waals surface area contributed by atoms with Crippen molar-refractivity contribution in [3.05, 3.63) is 46.3 Å². The van der Waals surface area contributed by atoms with Gasteiger partial charge < -0.3 is 10.1 Å². The van der Waals surface area contributed by atoms with Gasteiger partial charge in [-0.1, -0.05) is 39.8 Å². The summed E-state index contributed by atoms with van der Waals surface area (Å²) in [6, 6.07) is 5.80. The standard InChI is InChI=1S/C22H31N3O3/c1-12(2)17-9-10-18(19(11-17)13(3)4)22(27)28-16(7)21(26)23-20-14(5)24-25(8)15(20)6/h9-13,16H,1-8H3,(H,23,26)/t16-/m0/s1. The van der Waals surface area contributed by atoms with E-state index >= 15 is 0 Å². The van der Waals surface area contributed by atoms with Crippen LogP contribution in [0.4, 0.5) is 5.69 Å². The lowest BCUT2D eigenvalue weighted by molar-refractivity contribution is -0.123. The van der Waals surface area contributed by atoms with Crippen molar-refractivity contribution < 1.29 is 14.3 Å². The average Bonchev–Trinajstić information content (AvgIpc) is 2.86. The number of nitrogens with zero attached hydrogens (tertiary/aromatic N) is 2. The molecule has 1 aromatic heterocycles. The van der Waals surface area contributed by atoms with E-state index in [0.29, 0.717) is 17.2 Å². The lowest BCUT2D eigenvalue weighted by atomic mass is 9.91. The predicted molar refractivity (Wildman–Crippen MR) is 111 cm³/mol. The van der Waals surface area contributed by atoms with Crippen LogP contribution in [-0.2, 0) is 16.6 Å². The highest BCUT2D eigenvalue weighted by Gasteiger charge is 2.24. The van der Waals surface area contributed by atoms with Gasteiger partial charge in [0.15, 0.2) is 6.10 Å². The molecule has 0 saturated carbocycles. The molecule has 6 nitrogen and oxygen atoms in total. The normalized spacial score (nSPS) is 12.4. The van der Waals surface area contributed by atoms with E-state index < -0.39 is 12.1 Å². The van der Waals surface area contributed by atoms with Gasteiger partial charge >= 0.3 is 5.97 Å². The number of benzene rings is 1. The van der Waals surface area contributed by atoms with Crippen molar-refractivity contribution >= 4 is 17.6 Å². The number of amides is 1. The van der Waals surface area contributed by atoms with Gasteiger partial charge in [-0.15, -0.1) is 0 Å². The molecule has 0 bridgehead atoms. The van der Waals surface area contributed by atoms with Crippen molar-refractivity contribution in [3.8, 4) is 0 Å². The van der Waals surface area contributed by atoms with Crippen LogP contribution < -0.4 is 5.32 Å². The number of rotatable bonds is 6. The fourth-order valence-corrected chi connectivity index (χ4v) is 3.06. The molecule has 28 heavy (non-hydrogen) atoms. The van der Waals surface area contributed by atoms with Crippen LogP contribution in [0.2, 0.25) is 0 Å². The van der Waals surface area contributed by atoms with Gasteiger partial charge in [-0.2, -0.15) is 5.10 Å². The molecule has 0 aliphatic rings. The van der Waals surface area contributed by atoms with Gasteiger partial charge in [-0.05, 0) is 49.8 Å². The molecular formula is C22H31N3O3. The lowest BCUT2D eigenvalue weighted by Gasteiger charge is -2.18. The first-order valence-electron chi connectivity index (χ1n) is 9.68. The molecule has 1 atom stereocenters. The van der Waals surface area contributed by atoms with E-state index in [-0.39, 0.29) is 11.8 Å². The molecule has 152 valence electrons. The highest BCUT2D eigenvalue weighted by Crippen LogP contribution is 2.26. The largest absolute Gasteiger partial charge is 0.449 e. The number of carbonyl (C=O) groups is 2. The minimum Gasteiger partial charge on any atom is -0.449 e. The Morgan fingerprint density at radius 3 is 2.21 bits per heavy atom. The van der Waals surface area contributed by atoms with Crippen LogP contribution in [0.1, 0.15) is 79.3 Å². The number of carbonyl (C=O) groups excluding carboxylic acids is 2. The molecular weight excluding hydrogens is 354 g/mol. The first kappa shape index (κ1) is 21.7. The summed E-state index contributed by atoms with van der Waals surface area (Å²) in [5, 5.41) is 7.10. The van der Waals surface area contributed by atoms with Gasteiger partial charge in [-0.25, -0.2) is 4.79 Å². The summed E-state index contributed by atoms with van der Waals surface area (Å²) in [5.41, 5.74) is 4.83. The number of hydrogen-bond donors (Lipinski definition) is 1. The quantitative estimate of drug-likeness (QED) is 0.745. The smallest absolute Gasteiger partial charge is 0.339 e. The zero-order chi connectivity index (χ0) is 21.2. The van der Waals surface area contributed by atoms with E-state index in [9.17, 15) is 9.59 Å². The van der Waals surface area contributed by atoms with Gasteiger partial charge in [0.05, 0.1) is 22.6 Å². The van der Waals surface area contributed by atoms with Crippen LogP contribution in [0.15, 0.2) is 18.2 Å². The second-order valence-electron chi connectivity index (χ2n) is 7.86. The summed E-state index contributed by atoms with van der Waals surface area (Å²) in [7, 11) is 1.82. The zero-order valence-corrected chi connectivity index (χ0v) is 18.1. The Kier molecular flexibility index (Phi) is 6.65. The third-order valence-electron chi connectivity index (χ3n) is 4.99. The van der Waals surface area contributed by atoms with Crippen molar-refractivity contribution in [2.75, 3.05) is 5.32 Å². The van der Waals surface area contributed by atoms with Crippen LogP contribution in [-0.4, -0.2) is 27.8 Å². The molecule has 0 aliphatic carbocycles. The molecule has 1 aromatic carbocycles. The number of aryl methyl sites for hydroxylation is 2. The van der Waals surface area contributed by atoms with Crippen molar-refractivity contribution in [2.45, 2.75) is 66.4 Å². The van der Waals surface area contributed by atoms with E-state index in [1.54, 1.807) is 17.7 Å². The molecule has 0 aliphatic heterocycles. The third kappa shape index (κ3) is 4.61. The summed E-state index contributed by atoms with van der Waals surface area (Å²) in [5.74, 6) is -0.317. The fraction of sp³-hybridized carbons (Fsp3) is 0.500. The fourth-order valence-electron chi connectivity index (χ4n) is 3.06. The number of anilines is 1. The molecule has 0 spiro atoms.